The van der Waals surface area contributed by atoms with Crippen LogP contribution in [0.1, 0.15) is 19.3 Å². The molecule has 0 spiro atoms. The van der Waals surface area contributed by atoms with Gasteiger partial charge in [-0.1, -0.05) is 47.8 Å². The van der Waals surface area contributed by atoms with Crippen LogP contribution in [0.15, 0.2) is 87.9 Å². The van der Waals surface area contributed by atoms with Crippen LogP contribution < -0.4 is 34.7 Å². The Balaban J connectivity index is 0.000000206. The summed E-state index contributed by atoms with van der Waals surface area (Å²) in [7, 11) is -9.69. The number of carbonyl (C=O) groups excluding carboxylic acids is 1. The lowest BCUT2D eigenvalue weighted by Gasteiger charge is -2.10. The number of nitrogens with one attached hydrogen (secondary N) is 3. The third-order valence-corrected chi connectivity index (χ3v) is 13.4. The largest absolute Gasteiger partial charge is 0.481 e. The molecule has 2 amide bonds. The molecule has 7 aromatic rings. The SMILES string of the molecule is CCS(=O)(=O)c1nc2ccccn2c1S(=O)(=O)NC(=O)Nc1nc(OC)cc(OC)n1.Cc1nn(-c2cc(NS(C)(=O)=O)c(Cl)cc2Cl)c(=O)n1C(F)F.O=C(O)COc1ccc(Cl)c2cccnc12. The van der Waals surface area contributed by atoms with Crippen molar-refractivity contribution < 1.29 is 62.9 Å². The summed E-state index contributed by atoms with van der Waals surface area (Å²) in [4.78, 5) is 50.5. The number of methoxy groups -OCH3 is 2. The van der Waals surface area contributed by atoms with Gasteiger partial charge in [0.2, 0.25) is 27.7 Å². The number of carbonyl (C=O) groups is 2. The summed E-state index contributed by atoms with van der Waals surface area (Å²) in [5.74, 6) is -1.41. The molecule has 0 aliphatic carbocycles. The molecule has 32 heteroatoms. The molecular weight excluding hydrogens is 1060 g/mol. The Hall–Kier alpha value is -6.92. The maximum Gasteiger partial charge on any atom is 0.355 e. The number of urea groups is 1. The lowest BCUT2D eigenvalue weighted by molar-refractivity contribution is -0.139. The predicted octanol–water partition coefficient (Wildman–Crippen LogP) is 5.21. The zero-order valence-electron chi connectivity index (χ0n) is 36.5. The van der Waals surface area contributed by atoms with Gasteiger partial charge in [-0.25, -0.2) is 45.5 Å². The van der Waals surface area contributed by atoms with Crippen LogP contribution in [-0.2, 0) is 34.7 Å². The van der Waals surface area contributed by atoms with E-state index in [4.69, 9.17) is 54.1 Å². The number of nitrogens with zero attached hydrogens (tertiary/aromatic N) is 8. The van der Waals surface area contributed by atoms with Gasteiger partial charge < -0.3 is 19.3 Å². The van der Waals surface area contributed by atoms with E-state index in [0.717, 1.165) is 22.1 Å². The number of amides is 2. The lowest BCUT2D eigenvalue weighted by atomic mass is 10.2. The minimum atomic E-state index is -4.68. The van der Waals surface area contributed by atoms with E-state index >= 15 is 0 Å². The third-order valence-electron chi connectivity index (χ3n) is 8.70. The average Bonchev–Trinajstić information content (AvgIpc) is 3.84. The van der Waals surface area contributed by atoms with Gasteiger partial charge in [-0.2, -0.15) is 31.8 Å². The van der Waals surface area contributed by atoms with E-state index in [2.05, 4.69) is 35.1 Å². The van der Waals surface area contributed by atoms with Gasteiger partial charge >= 0.3 is 24.2 Å². The van der Waals surface area contributed by atoms with Crippen LogP contribution in [0.4, 0.5) is 25.2 Å². The van der Waals surface area contributed by atoms with Gasteiger partial charge in [-0.05, 0) is 55.5 Å². The first-order valence-electron chi connectivity index (χ1n) is 19.1. The summed E-state index contributed by atoms with van der Waals surface area (Å²) in [5, 5.41) is 14.2. The number of carboxylic acid groups (broad SMARTS) is 1. The molecule has 5 heterocycles. The quantitative estimate of drug-likeness (QED) is 0.109. The summed E-state index contributed by atoms with van der Waals surface area (Å²) < 4.78 is 120. The second-order valence-electron chi connectivity index (χ2n) is 13.6. The van der Waals surface area contributed by atoms with Crippen LogP contribution in [-0.4, -0.2) is 114 Å². The Bertz CT molecular complexity index is 3510. The number of fused-ring (bicyclic) bond motifs is 2. The molecule has 374 valence electrons. The molecule has 24 nitrogen and oxygen atoms in total. The first-order valence-corrected chi connectivity index (χ1v) is 25.3. The number of rotatable bonds is 14. The Morgan fingerprint density at radius 3 is 2.14 bits per heavy atom. The van der Waals surface area contributed by atoms with Crippen molar-refractivity contribution in [3.05, 3.63) is 104 Å². The number of alkyl halides is 2. The maximum atomic E-state index is 13.0. The molecular formula is C38H36Cl3F2N11O13S3. The van der Waals surface area contributed by atoms with E-state index in [9.17, 15) is 48.4 Å². The number of anilines is 2. The first kappa shape index (κ1) is 54.0. The molecule has 0 unspecified atom stereocenters. The number of sulfonamides is 2. The number of carboxylic acids is 1. The van der Waals surface area contributed by atoms with Crippen molar-refractivity contribution in [3.63, 3.8) is 0 Å². The third kappa shape index (κ3) is 13.0. The highest BCUT2D eigenvalue weighted by atomic mass is 35.5. The van der Waals surface area contributed by atoms with Gasteiger partial charge in [0.1, 0.15) is 22.7 Å². The van der Waals surface area contributed by atoms with Crippen LogP contribution in [0.3, 0.4) is 0 Å². The zero-order valence-corrected chi connectivity index (χ0v) is 41.2. The van der Waals surface area contributed by atoms with Gasteiger partial charge in [-0.15, -0.1) is 5.10 Å². The Morgan fingerprint density at radius 1 is 0.886 bits per heavy atom. The van der Waals surface area contributed by atoms with E-state index in [1.54, 1.807) is 41.3 Å². The average molecular weight is 1100 g/mol. The van der Waals surface area contributed by atoms with Gasteiger partial charge in [0.15, 0.2) is 26.5 Å². The minimum absolute atomic E-state index is 0.0257. The second kappa shape index (κ2) is 22.2. The van der Waals surface area contributed by atoms with E-state index < -0.39 is 70.8 Å². The van der Waals surface area contributed by atoms with Crippen LogP contribution in [0.2, 0.25) is 15.1 Å². The van der Waals surface area contributed by atoms with E-state index in [-0.39, 0.29) is 60.9 Å². The van der Waals surface area contributed by atoms with Crippen molar-refractivity contribution in [1.82, 2.24) is 43.4 Å². The summed E-state index contributed by atoms with van der Waals surface area (Å²) in [5.41, 5.74) is -0.626. The Morgan fingerprint density at radius 2 is 1.56 bits per heavy atom. The number of imidazole rings is 1. The van der Waals surface area contributed by atoms with Gasteiger partial charge in [-0.3, -0.25) is 19.4 Å². The van der Waals surface area contributed by atoms with Crippen molar-refractivity contribution in [2.45, 2.75) is 30.4 Å². The zero-order chi connectivity index (χ0) is 51.9. The smallest absolute Gasteiger partial charge is 0.355 e. The lowest BCUT2D eigenvalue weighted by Crippen LogP contribution is -2.36. The highest BCUT2D eigenvalue weighted by molar-refractivity contribution is 7.93. The summed E-state index contributed by atoms with van der Waals surface area (Å²) in [6, 6.07) is 13.7. The van der Waals surface area contributed by atoms with Gasteiger partial charge in [0, 0.05) is 17.8 Å². The molecule has 0 saturated carbocycles. The topological polar surface area (TPSA) is 316 Å². The van der Waals surface area contributed by atoms with Crippen molar-refractivity contribution in [1.29, 1.82) is 0 Å². The maximum absolute atomic E-state index is 13.0. The highest BCUT2D eigenvalue weighted by Gasteiger charge is 2.33. The van der Waals surface area contributed by atoms with Crippen LogP contribution in [0.25, 0.3) is 22.2 Å². The molecule has 70 heavy (non-hydrogen) atoms. The second-order valence-corrected chi connectivity index (χ2v) is 20.3. The fourth-order valence-electron chi connectivity index (χ4n) is 5.71. The number of hydrogen-bond donors (Lipinski definition) is 4. The van der Waals surface area contributed by atoms with Gasteiger partial charge in [0.25, 0.3) is 10.0 Å². The monoisotopic (exact) mass is 1090 g/mol. The molecule has 0 aliphatic heterocycles. The Kier molecular flexibility index (Phi) is 17.2. The molecule has 7 rings (SSSR count). The molecule has 2 aromatic carbocycles. The van der Waals surface area contributed by atoms with Crippen LogP contribution >= 0.6 is 34.8 Å². The number of hydrogen-bond acceptors (Lipinski definition) is 17. The minimum Gasteiger partial charge on any atom is -0.481 e. The number of benzene rings is 2. The first-order chi connectivity index (χ1) is 32.8. The summed E-state index contributed by atoms with van der Waals surface area (Å²) >= 11 is 17.8. The molecule has 4 N–H and O–H groups in total. The Labute approximate surface area is 410 Å². The molecule has 0 radical (unpaired) electrons. The molecule has 5 aromatic heterocycles. The summed E-state index contributed by atoms with van der Waals surface area (Å²) in [6.45, 7) is -0.892. The van der Waals surface area contributed by atoms with Crippen molar-refractivity contribution in [2.24, 2.45) is 0 Å². The van der Waals surface area contributed by atoms with Crippen molar-refractivity contribution >= 4 is 105 Å². The van der Waals surface area contributed by atoms with E-state index in [0.29, 0.717) is 21.0 Å². The number of sulfone groups is 1. The summed E-state index contributed by atoms with van der Waals surface area (Å²) in [6.07, 6.45) is 3.82. The number of aryl methyl sites for hydroxylation is 1. The molecule has 0 saturated heterocycles. The number of aliphatic carboxylic acids is 1. The number of ether oxygens (including phenoxy) is 3. The van der Waals surface area contributed by atoms with Gasteiger partial charge in [0.05, 0.1) is 58.7 Å². The van der Waals surface area contributed by atoms with E-state index in [1.807, 2.05) is 0 Å². The molecule has 0 atom stereocenters. The van der Waals surface area contributed by atoms with Crippen molar-refractivity contribution in [3.8, 4) is 23.2 Å². The predicted molar refractivity (Wildman–Crippen MR) is 250 cm³/mol. The highest BCUT2D eigenvalue weighted by Crippen LogP contribution is 2.32. The fourth-order valence-corrected chi connectivity index (χ4v) is 9.72. The number of aromatic nitrogens is 8. The molecule has 0 fully saturated rings. The standard InChI is InChI=1S/C16H18N6O7S2.C11H10Cl2F2N4O3S.C11H8ClNO3/c1-4-30(24,25)13-14(22-8-6-5-7-10(22)17-13)31(26,27)21-16(23)20-15-18-11(28-2)9-12(19-15)29-3;1-5-16-19(11(20)18(5)10(14)15)9-4-8(17-23(2,21)22)6(12)3-7(9)13;12-8-3-4-9(16-6-10(14)15)11-7(8)2-1-5-13-11/h5-9H,4H2,1-3H3,(H2,18,19,20,21,23);3-4,10,17H,1-2H3;1-5H,6H2,(H,14,15). The van der Waals surface area contributed by atoms with Crippen LogP contribution in [0, 0.1) is 6.92 Å². The fraction of sp³-hybridized carbons (Fsp3) is 0.211. The van der Waals surface area contributed by atoms with E-state index in [1.165, 1.54) is 58.5 Å². The van der Waals surface area contributed by atoms with Crippen molar-refractivity contribution in [2.75, 3.05) is 42.9 Å². The molecule has 0 aliphatic rings. The number of pyridine rings is 2. The number of halogens is 5. The normalized spacial score (nSPS) is 11.5. The van der Waals surface area contributed by atoms with Crippen LogP contribution in [0.5, 0.6) is 17.5 Å². The molecule has 0 bridgehead atoms.